The minimum Gasteiger partial charge on any atom is -0.380 e. The molecule has 0 bridgehead atoms. The molecule has 0 aliphatic carbocycles. The maximum Gasteiger partial charge on any atom is 0.471 e. The van der Waals surface area contributed by atoms with E-state index >= 15 is 0 Å². The van der Waals surface area contributed by atoms with Crippen molar-refractivity contribution in [2.45, 2.75) is 19.1 Å². The second kappa shape index (κ2) is 6.01. The molecule has 1 aromatic heterocycles. The number of hydrogen-bond acceptors (Lipinski definition) is 4. The third kappa shape index (κ3) is 3.42. The van der Waals surface area contributed by atoms with Crippen LogP contribution in [0.25, 0.3) is 0 Å². The van der Waals surface area contributed by atoms with E-state index in [4.69, 9.17) is 11.6 Å². The first-order valence-electron chi connectivity index (χ1n) is 6.70. The van der Waals surface area contributed by atoms with Gasteiger partial charge in [-0.25, -0.2) is 4.98 Å². The highest BCUT2D eigenvalue weighted by Crippen LogP contribution is 2.33. The maximum atomic E-state index is 12.6. The molecule has 0 radical (unpaired) electrons. The number of alkyl halides is 3. The molecule has 0 spiro atoms. The Labute approximate surface area is 138 Å². The van der Waals surface area contributed by atoms with E-state index in [9.17, 15) is 18.0 Å². The number of hydrogen-bond donors (Lipinski definition) is 1. The molecule has 2 aromatic rings. The first-order valence-corrected chi connectivity index (χ1v) is 7.90. The van der Waals surface area contributed by atoms with Crippen LogP contribution in [-0.2, 0) is 17.8 Å². The lowest BCUT2D eigenvalue weighted by molar-refractivity contribution is -0.170. The molecule has 1 N–H and O–H groups in total. The minimum atomic E-state index is -4.86. The van der Waals surface area contributed by atoms with Gasteiger partial charge in [-0.05, 0) is 30.2 Å². The number of carbonyl (C=O) groups is 1. The fourth-order valence-electron chi connectivity index (χ4n) is 2.43. The fourth-order valence-corrected chi connectivity index (χ4v) is 3.35. The largest absolute Gasteiger partial charge is 0.471 e. The Balaban J connectivity index is 1.72. The minimum absolute atomic E-state index is 0.0432. The number of fused-ring (bicyclic) bond motifs is 1. The maximum absolute atomic E-state index is 12.6. The van der Waals surface area contributed by atoms with Crippen LogP contribution in [0.15, 0.2) is 24.4 Å². The van der Waals surface area contributed by atoms with Gasteiger partial charge in [-0.1, -0.05) is 11.6 Å². The highest BCUT2D eigenvalue weighted by Gasteiger charge is 2.44. The lowest BCUT2D eigenvalue weighted by Gasteiger charge is -2.19. The van der Waals surface area contributed by atoms with Crippen LogP contribution in [0.1, 0.15) is 10.4 Å². The van der Waals surface area contributed by atoms with Crippen LogP contribution in [0.4, 0.5) is 24.5 Å². The molecule has 3 rings (SSSR count). The van der Waals surface area contributed by atoms with Gasteiger partial charge in [0.2, 0.25) is 0 Å². The number of aromatic nitrogens is 1. The van der Waals surface area contributed by atoms with Crippen LogP contribution in [0.3, 0.4) is 0 Å². The van der Waals surface area contributed by atoms with Crippen molar-refractivity contribution in [3.63, 3.8) is 0 Å². The van der Waals surface area contributed by atoms with Gasteiger partial charge in [0.1, 0.15) is 0 Å². The summed E-state index contributed by atoms with van der Waals surface area (Å²) in [6.07, 6.45) is -2.79. The van der Waals surface area contributed by atoms with Crippen LogP contribution >= 0.6 is 22.9 Å². The number of benzene rings is 1. The zero-order chi connectivity index (χ0) is 16.6. The molecule has 0 unspecified atom stereocenters. The fraction of sp³-hybridized carbons (Fsp3) is 0.286. The normalized spacial score (nSPS) is 14.0. The van der Waals surface area contributed by atoms with Gasteiger partial charge in [0, 0.05) is 29.0 Å². The van der Waals surface area contributed by atoms with Gasteiger partial charge in [0.25, 0.3) is 0 Å². The van der Waals surface area contributed by atoms with Crippen LogP contribution in [0.2, 0.25) is 4.47 Å². The van der Waals surface area contributed by atoms with E-state index in [1.807, 2.05) is 0 Å². The van der Waals surface area contributed by atoms with E-state index in [0.717, 1.165) is 21.0 Å². The van der Waals surface area contributed by atoms with Crippen molar-refractivity contribution >= 4 is 40.2 Å². The highest BCUT2D eigenvalue weighted by molar-refractivity contribution is 7.15. The van der Waals surface area contributed by atoms with Crippen molar-refractivity contribution in [1.82, 2.24) is 4.98 Å². The Morgan fingerprint density at radius 2 is 2.22 bits per heavy atom. The Morgan fingerprint density at radius 3 is 2.87 bits per heavy atom. The summed E-state index contributed by atoms with van der Waals surface area (Å²) < 4.78 is 38.2. The van der Waals surface area contributed by atoms with Crippen molar-refractivity contribution in [1.29, 1.82) is 0 Å². The second-order valence-corrected chi connectivity index (χ2v) is 6.68. The van der Waals surface area contributed by atoms with Crippen molar-refractivity contribution < 1.29 is 18.0 Å². The summed E-state index contributed by atoms with van der Waals surface area (Å²) in [4.78, 5) is 17.1. The van der Waals surface area contributed by atoms with E-state index < -0.39 is 12.1 Å². The summed E-state index contributed by atoms with van der Waals surface area (Å²) in [6, 6.07) is 4.96. The smallest absolute Gasteiger partial charge is 0.380 e. The Hall–Kier alpha value is -1.80. The van der Waals surface area contributed by atoms with E-state index in [2.05, 4.69) is 10.3 Å². The molecule has 0 saturated heterocycles. The second-order valence-electron chi connectivity index (χ2n) is 4.98. The van der Waals surface area contributed by atoms with E-state index in [1.54, 1.807) is 18.3 Å². The number of nitrogens with one attached hydrogen (secondary N) is 1. The van der Waals surface area contributed by atoms with Crippen molar-refractivity contribution in [2.24, 2.45) is 0 Å². The molecule has 0 atom stereocenters. The van der Waals surface area contributed by atoms with Gasteiger partial charge in [0.15, 0.2) is 4.47 Å². The summed E-state index contributed by atoms with van der Waals surface area (Å²) in [6.45, 7) is 0.565. The summed E-state index contributed by atoms with van der Waals surface area (Å²) in [5.74, 6) is -1.82. The molecule has 0 saturated carbocycles. The average molecular weight is 362 g/mol. The quantitative estimate of drug-likeness (QED) is 0.903. The topological polar surface area (TPSA) is 45.2 Å². The predicted octanol–water partition coefficient (Wildman–Crippen LogP) is 3.86. The molecule has 4 nitrogen and oxygen atoms in total. The van der Waals surface area contributed by atoms with Gasteiger partial charge < -0.3 is 10.2 Å². The summed E-state index contributed by atoms with van der Waals surface area (Å²) in [5, 5.41) is 3.16. The molecule has 1 amide bonds. The molecule has 1 aromatic carbocycles. The average Bonchev–Trinajstić information content (AvgIpc) is 3.09. The van der Waals surface area contributed by atoms with Crippen molar-refractivity contribution in [2.75, 3.05) is 16.8 Å². The number of rotatable bonds is 3. The molecule has 0 fully saturated rings. The molecular weight excluding hydrogens is 351 g/mol. The number of thiazole rings is 1. The van der Waals surface area contributed by atoms with Gasteiger partial charge in [0.05, 0.1) is 6.54 Å². The summed E-state index contributed by atoms with van der Waals surface area (Å²) in [5.41, 5.74) is 1.81. The van der Waals surface area contributed by atoms with Crippen molar-refractivity contribution in [3.8, 4) is 0 Å². The zero-order valence-corrected chi connectivity index (χ0v) is 13.2. The first-order chi connectivity index (χ1) is 10.8. The molecule has 2 heterocycles. The summed E-state index contributed by atoms with van der Waals surface area (Å²) in [7, 11) is 0. The Bertz CT molecular complexity index is 747. The highest BCUT2D eigenvalue weighted by atomic mass is 35.5. The van der Waals surface area contributed by atoms with E-state index in [1.165, 1.54) is 17.4 Å². The van der Waals surface area contributed by atoms with E-state index in [0.29, 0.717) is 23.1 Å². The van der Waals surface area contributed by atoms with Crippen LogP contribution in [0.5, 0.6) is 0 Å². The predicted molar refractivity (Wildman–Crippen MR) is 83.0 cm³/mol. The lowest BCUT2D eigenvalue weighted by atomic mass is 10.1. The van der Waals surface area contributed by atoms with Gasteiger partial charge in [-0.3, -0.25) is 4.79 Å². The monoisotopic (exact) mass is 361 g/mol. The third-order valence-electron chi connectivity index (χ3n) is 3.45. The van der Waals surface area contributed by atoms with Crippen LogP contribution < -0.4 is 10.2 Å². The molecule has 1 aliphatic rings. The Kier molecular flexibility index (Phi) is 4.20. The number of amides is 1. The molecule has 23 heavy (non-hydrogen) atoms. The Morgan fingerprint density at radius 1 is 1.43 bits per heavy atom. The number of anilines is 2. The number of halogens is 4. The SMILES string of the molecule is O=C(N1CCc2cc(NCc3cnc(Cl)s3)ccc21)C(F)(F)F. The molecular formula is C14H11ClF3N3OS. The van der Waals surface area contributed by atoms with Gasteiger partial charge in [-0.15, -0.1) is 11.3 Å². The van der Waals surface area contributed by atoms with E-state index in [-0.39, 0.29) is 6.54 Å². The van der Waals surface area contributed by atoms with Crippen LogP contribution in [0, 0.1) is 0 Å². The lowest BCUT2D eigenvalue weighted by Crippen LogP contribution is -2.40. The van der Waals surface area contributed by atoms with Crippen molar-refractivity contribution in [3.05, 3.63) is 39.3 Å². The number of nitrogens with zero attached hydrogens (tertiary/aromatic N) is 2. The first kappa shape index (κ1) is 16.1. The van der Waals surface area contributed by atoms with Gasteiger partial charge in [-0.2, -0.15) is 13.2 Å². The molecule has 1 aliphatic heterocycles. The zero-order valence-electron chi connectivity index (χ0n) is 11.7. The standard InChI is InChI=1S/C14H11ClF3N3OS/c15-13-20-7-10(23-13)6-19-9-1-2-11-8(5-9)3-4-21(11)12(22)14(16,17)18/h1-2,5,7,19H,3-4,6H2. The third-order valence-corrected chi connectivity index (χ3v) is 4.57. The molecule has 122 valence electrons. The van der Waals surface area contributed by atoms with Crippen LogP contribution in [-0.4, -0.2) is 23.6 Å². The molecule has 9 heteroatoms. The van der Waals surface area contributed by atoms with Gasteiger partial charge >= 0.3 is 12.1 Å². The summed E-state index contributed by atoms with van der Waals surface area (Å²) >= 11 is 7.11. The number of carbonyl (C=O) groups excluding carboxylic acids is 1.